The van der Waals surface area contributed by atoms with E-state index >= 15 is 0 Å². The number of nitrogens with zero attached hydrogens (tertiary/aromatic N) is 1. The highest BCUT2D eigenvalue weighted by Gasteiger charge is 2.06. The maximum atomic E-state index is 13.1. The van der Waals surface area contributed by atoms with Gasteiger partial charge in [-0.05, 0) is 37.4 Å². The molecular formula is C17H19F2N3O. The van der Waals surface area contributed by atoms with Crippen LogP contribution >= 0.6 is 0 Å². The molecule has 0 unspecified atom stereocenters. The molecule has 0 heterocycles. The van der Waals surface area contributed by atoms with Crippen LogP contribution in [0.25, 0.3) is 0 Å². The number of carbonyl (C=O) groups is 1. The molecule has 0 bridgehead atoms. The fourth-order valence-corrected chi connectivity index (χ4v) is 2.13. The van der Waals surface area contributed by atoms with Crippen LogP contribution in [0.1, 0.15) is 11.1 Å². The van der Waals surface area contributed by atoms with E-state index in [0.717, 1.165) is 29.8 Å². The van der Waals surface area contributed by atoms with Crippen molar-refractivity contribution >= 4 is 11.7 Å². The second-order valence-electron chi connectivity index (χ2n) is 5.49. The highest BCUT2D eigenvalue weighted by molar-refractivity contribution is 5.89. The van der Waals surface area contributed by atoms with Crippen molar-refractivity contribution in [3.05, 3.63) is 65.2 Å². The normalized spacial score (nSPS) is 10.7. The molecule has 122 valence electrons. The highest BCUT2D eigenvalue weighted by Crippen LogP contribution is 2.13. The summed E-state index contributed by atoms with van der Waals surface area (Å²) in [6.07, 6.45) is 0. The number of halogens is 2. The number of urea groups is 1. The number of anilines is 1. The molecule has 0 aliphatic carbocycles. The van der Waals surface area contributed by atoms with Crippen molar-refractivity contribution in [3.63, 3.8) is 0 Å². The van der Waals surface area contributed by atoms with Crippen molar-refractivity contribution in [3.8, 4) is 0 Å². The van der Waals surface area contributed by atoms with Crippen LogP contribution in [-0.4, -0.2) is 25.0 Å². The van der Waals surface area contributed by atoms with Gasteiger partial charge in [0.15, 0.2) is 11.6 Å². The van der Waals surface area contributed by atoms with Crippen molar-refractivity contribution in [2.75, 3.05) is 19.4 Å². The van der Waals surface area contributed by atoms with Crippen molar-refractivity contribution in [1.29, 1.82) is 0 Å². The average molecular weight is 319 g/mol. The Hall–Kier alpha value is -2.47. The molecule has 0 saturated carbocycles. The van der Waals surface area contributed by atoms with Gasteiger partial charge >= 0.3 is 6.03 Å². The van der Waals surface area contributed by atoms with Crippen LogP contribution in [0.4, 0.5) is 19.3 Å². The van der Waals surface area contributed by atoms with E-state index in [1.54, 1.807) is 0 Å². The van der Waals surface area contributed by atoms with Gasteiger partial charge in [0.2, 0.25) is 0 Å². The zero-order valence-corrected chi connectivity index (χ0v) is 13.1. The van der Waals surface area contributed by atoms with E-state index in [-0.39, 0.29) is 5.69 Å². The van der Waals surface area contributed by atoms with Crippen LogP contribution in [-0.2, 0) is 13.1 Å². The van der Waals surface area contributed by atoms with Gasteiger partial charge in [0, 0.05) is 24.8 Å². The molecule has 23 heavy (non-hydrogen) atoms. The molecule has 0 aliphatic rings. The number of rotatable bonds is 5. The van der Waals surface area contributed by atoms with Crippen LogP contribution in [0.2, 0.25) is 0 Å². The minimum absolute atomic E-state index is 0.197. The van der Waals surface area contributed by atoms with Crippen molar-refractivity contribution in [1.82, 2.24) is 10.2 Å². The van der Waals surface area contributed by atoms with E-state index in [0.29, 0.717) is 6.54 Å². The Morgan fingerprint density at radius 2 is 1.78 bits per heavy atom. The van der Waals surface area contributed by atoms with Gasteiger partial charge in [-0.25, -0.2) is 13.6 Å². The zero-order chi connectivity index (χ0) is 16.8. The number of carbonyl (C=O) groups excluding carboxylic acids is 1. The molecule has 0 atom stereocenters. The summed E-state index contributed by atoms with van der Waals surface area (Å²) in [7, 11) is 3.97. The Morgan fingerprint density at radius 1 is 1.04 bits per heavy atom. The third kappa shape index (κ3) is 5.34. The second kappa shape index (κ2) is 7.69. The van der Waals surface area contributed by atoms with E-state index in [2.05, 4.69) is 15.5 Å². The lowest BCUT2D eigenvalue weighted by Gasteiger charge is -2.12. The number of nitrogens with one attached hydrogen (secondary N) is 2. The molecule has 2 amide bonds. The average Bonchev–Trinajstić information content (AvgIpc) is 2.49. The quantitative estimate of drug-likeness (QED) is 0.888. The van der Waals surface area contributed by atoms with E-state index in [1.165, 1.54) is 6.07 Å². The third-order valence-electron chi connectivity index (χ3n) is 3.12. The molecule has 0 aliphatic heterocycles. The van der Waals surface area contributed by atoms with Crippen LogP contribution in [0, 0.1) is 11.6 Å². The van der Waals surface area contributed by atoms with Gasteiger partial charge in [0.1, 0.15) is 0 Å². The number of hydrogen-bond acceptors (Lipinski definition) is 2. The number of hydrogen-bond donors (Lipinski definition) is 2. The highest BCUT2D eigenvalue weighted by atomic mass is 19.2. The van der Waals surface area contributed by atoms with E-state index in [1.807, 2.05) is 38.4 Å². The van der Waals surface area contributed by atoms with Gasteiger partial charge in [0.05, 0.1) is 0 Å². The first-order chi connectivity index (χ1) is 10.9. The van der Waals surface area contributed by atoms with Crippen molar-refractivity contribution < 1.29 is 13.6 Å². The molecular weight excluding hydrogens is 300 g/mol. The second-order valence-corrected chi connectivity index (χ2v) is 5.49. The van der Waals surface area contributed by atoms with Crippen LogP contribution in [0.15, 0.2) is 42.5 Å². The first-order valence-electron chi connectivity index (χ1n) is 7.16. The third-order valence-corrected chi connectivity index (χ3v) is 3.12. The minimum atomic E-state index is -1.00. The monoisotopic (exact) mass is 319 g/mol. The molecule has 0 saturated heterocycles. The Balaban J connectivity index is 1.90. The smallest absolute Gasteiger partial charge is 0.319 e. The first kappa shape index (κ1) is 16.9. The van der Waals surface area contributed by atoms with E-state index in [4.69, 9.17) is 0 Å². The molecule has 0 fully saturated rings. The van der Waals surface area contributed by atoms with E-state index in [9.17, 15) is 13.6 Å². The molecule has 0 radical (unpaired) electrons. The predicted octanol–water partition coefficient (Wildman–Crippen LogP) is 3.35. The van der Waals surface area contributed by atoms with Crippen LogP contribution in [0.3, 0.4) is 0 Å². The largest absolute Gasteiger partial charge is 0.334 e. The molecule has 0 aromatic heterocycles. The Labute approximate surface area is 134 Å². The van der Waals surface area contributed by atoms with Crippen molar-refractivity contribution in [2.24, 2.45) is 0 Å². The Kier molecular flexibility index (Phi) is 5.65. The molecule has 4 nitrogen and oxygen atoms in total. The Bertz CT molecular complexity index is 689. The fourth-order valence-electron chi connectivity index (χ4n) is 2.13. The van der Waals surface area contributed by atoms with Gasteiger partial charge in [-0.15, -0.1) is 0 Å². The summed E-state index contributed by atoms with van der Waals surface area (Å²) in [4.78, 5) is 13.9. The van der Waals surface area contributed by atoms with Gasteiger partial charge < -0.3 is 15.5 Å². The summed E-state index contributed by atoms with van der Waals surface area (Å²) in [5.74, 6) is -1.95. The fraction of sp³-hybridized carbons (Fsp3) is 0.235. The molecule has 2 aromatic rings. The minimum Gasteiger partial charge on any atom is -0.334 e. The van der Waals surface area contributed by atoms with Gasteiger partial charge in [-0.3, -0.25) is 0 Å². The SMILES string of the molecule is CN(C)Cc1cccc(CNC(=O)Nc2ccc(F)c(F)c2)c1. The first-order valence-corrected chi connectivity index (χ1v) is 7.16. The zero-order valence-electron chi connectivity index (χ0n) is 13.1. The van der Waals surface area contributed by atoms with Crippen LogP contribution in [0.5, 0.6) is 0 Å². The maximum Gasteiger partial charge on any atom is 0.319 e. The molecule has 2 aromatic carbocycles. The lowest BCUT2D eigenvalue weighted by molar-refractivity contribution is 0.251. The molecule has 2 rings (SSSR count). The summed E-state index contributed by atoms with van der Waals surface area (Å²) in [6.45, 7) is 1.16. The lowest BCUT2D eigenvalue weighted by Crippen LogP contribution is -2.28. The maximum absolute atomic E-state index is 13.1. The number of amides is 2. The summed E-state index contributed by atoms with van der Waals surface area (Å²) in [5, 5.41) is 5.14. The summed E-state index contributed by atoms with van der Waals surface area (Å²) in [6, 6.07) is 10.6. The van der Waals surface area contributed by atoms with E-state index < -0.39 is 17.7 Å². The van der Waals surface area contributed by atoms with Gasteiger partial charge in [-0.1, -0.05) is 24.3 Å². The predicted molar refractivity (Wildman–Crippen MR) is 86.0 cm³/mol. The lowest BCUT2D eigenvalue weighted by atomic mass is 10.1. The molecule has 6 heteroatoms. The summed E-state index contributed by atoms with van der Waals surface area (Å²) < 4.78 is 25.9. The van der Waals surface area contributed by atoms with Crippen molar-refractivity contribution in [2.45, 2.75) is 13.1 Å². The summed E-state index contributed by atoms with van der Waals surface area (Å²) >= 11 is 0. The summed E-state index contributed by atoms with van der Waals surface area (Å²) in [5.41, 5.74) is 2.31. The van der Waals surface area contributed by atoms with Gasteiger partial charge in [-0.2, -0.15) is 0 Å². The topological polar surface area (TPSA) is 44.4 Å². The number of benzene rings is 2. The standard InChI is InChI=1S/C17H19F2N3O/c1-22(2)11-13-5-3-4-12(8-13)10-20-17(23)21-14-6-7-15(18)16(19)9-14/h3-9H,10-11H2,1-2H3,(H2,20,21,23). The molecule has 2 N–H and O–H groups in total. The Morgan fingerprint density at radius 3 is 2.48 bits per heavy atom. The van der Waals surface area contributed by atoms with Crippen LogP contribution < -0.4 is 10.6 Å². The molecule has 0 spiro atoms. The van der Waals surface area contributed by atoms with Gasteiger partial charge in [0.25, 0.3) is 0 Å².